The van der Waals surface area contributed by atoms with Crippen molar-refractivity contribution >= 4 is 47.7 Å². The van der Waals surface area contributed by atoms with Crippen molar-refractivity contribution in [2.45, 2.75) is 50.9 Å². The van der Waals surface area contributed by atoms with Gasteiger partial charge < -0.3 is 0 Å². The monoisotopic (exact) mass is 688 g/mol. The molecule has 0 radical (unpaired) electrons. The Morgan fingerprint density at radius 3 is 1.02 bits per heavy atom. The molecule has 0 N–H and O–H groups in total. The number of hydrogen-bond acceptors (Lipinski definition) is 2. The molecular weight excluding hydrogens is 642 g/mol. The normalized spacial score (nSPS) is 18.3. The van der Waals surface area contributed by atoms with Gasteiger partial charge in [-0.05, 0) is 97.6 Å². The minimum Gasteiger partial charge on any atom is -0.295 e. The van der Waals surface area contributed by atoms with Crippen LogP contribution in [0.2, 0.25) is 0 Å². The third kappa shape index (κ3) is 7.28. The van der Waals surface area contributed by atoms with E-state index in [2.05, 4.69) is 180 Å². The van der Waals surface area contributed by atoms with Gasteiger partial charge in [-0.15, -0.1) is 0 Å². The fourth-order valence-electron chi connectivity index (χ4n) is 8.29. The first-order valence-corrected chi connectivity index (χ1v) is 21.0. The van der Waals surface area contributed by atoms with E-state index >= 15 is 0 Å². The Balaban J connectivity index is 1.07. The number of likely N-dealkylation sites (tertiary alicyclic amines) is 2. The highest BCUT2D eigenvalue weighted by molar-refractivity contribution is 7.80. The summed E-state index contributed by atoms with van der Waals surface area (Å²) in [5.41, 5.74) is 2.98. The van der Waals surface area contributed by atoms with Crippen molar-refractivity contribution in [1.82, 2.24) is 9.80 Å². The van der Waals surface area contributed by atoms with E-state index in [0.29, 0.717) is 12.1 Å². The van der Waals surface area contributed by atoms with Gasteiger partial charge in [0.15, 0.2) is 0 Å². The summed E-state index contributed by atoms with van der Waals surface area (Å²) in [4.78, 5) is 5.69. The average Bonchev–Trinajstić information content (AvgIpc) is 3.84. The van der Waals surface area contributed by atoms with E-state index in [-0.39, 0.29) is 0 Å². The first-order chi connectivity index (χ1) is 24.8. The largest absolute Gasteiger partial charge is 0.295 e. The lowest BCUT2D eigenvalue weighted by Gasteiger charge is -2.36. The van der Waals surface area contributed by atoms with Crippen LogP contribution in [0.5, 0.6) is 0 Å². The van der Waals surface area contributed by atoms with Crippen molar-refractivity contribution in [1.29, 1.82) is 0 Å². The number of nitrogens with zero attached hydrogens (tertiary/aromatic N) is 2. The molecule has 2 atom stereocenters. The highest BCUT2D eigenvalue weighted by atomic mass is 31.1. The SMILES string of the molecule is c1ccc(P(c2ccccc2)c2ccccc2CN2CCC[C@@H]2[C@H]2CCCN2Cc2ccccc2P(c2ccccc2)c2ccccc2)cc1. The van der Waals surface area contributed by atoms with Gasteiger partial charge in [-0.3, -0.25) is 9.80 Å². The molecule has 0 aliphatic carbocycles. The molecule has 2 fully saturated rings. The Kier molecular flexibility index (Phi) is 10.6. The summed E-state index contributed by atoms with van der Waals surface area (Å²) in [6, 6.07) is 64.5. The van der Waals surface area contributed by atoms with E-state index in [1.807, 2.05) is 0 Å². The van der Waals surface area contributed by atoms with Crippen molar-refractivity contribution in [2.24, 2.45) is 0 Å². The predicted molar refractivity (Wildman–Crippen MR) is 217 cm³/mol. The lowest BCUT2D eigenvalue weighted by Crippen LogP contribution is -2.46. The Labute approximate surface area is 301 Å². The molecule has 2 nitrogen and oxygen atoms in total. The predicted octanol–water partition coefficient (Wildman–Crippen LogP) is 7.83. The zero-order valence-electron chi connectivity index (χ0n) is 28.8. The molecule has 0 spiro atoms. The number of benzene rings is 6. The number of rotatable bonds is 11. The van der Waals surface area contributed by atoms with E-state index in [1.54, 1.807) is 0 Å². The molecule has 4 heteroatoms. The molecule has 0 saturated carbocycles. The summed E-state index contributed by atoms with van der Waals surface area (Å²) in [6.45, 7) is 4.41. The van der Waals surface area contributed by atoms with Crippen LogP contribution in [-0.4, -0.2) is 35.0 Å². The van der Waals surface area contributed by atoms with Crippen LogP contribution in [0, 0.1) is 0 Å². The molecule has 2 aliphatic heterocycles. The Morgan fingerprint density at radius 2 is 0.680 bits per heavy atom. The fraction of sp³-hybridized carbons (Fsp3) is 0.217. The van der Waals surface area contributed by atoms with Gasteiger partial charge in [-0.1, -0.05) is 170 Å². The van der Waals surface area contributed by atoms with E-state index < -0.39 is 15.8 Å². The van der Waals surface area contributed by atoms with Crippen LogP contribution < -0.4 is 31.8 Å². The van der Waals surface area contributed by atoms with Gasteiger partial charge in [0, 0.05) is 25.2 Å². The first kappa shape index (κ1) is 33.3. The van der Waals surface area contributed by atoms with Gasteiger partial charge in [-0.25, -0.2) is 0 Å². The molecule has 2 heterocycles. The second-order valence-electron chi connectivity index (χ2n) is 13.6. The topological polar surface area (TPSA) is 6.48 Å². The van der Waals surface area contributed by atoms with E-state index in [9.17, 15) is 0 Å². The van der Waals surface area contributed by atoms with Gasteiger partial charge in [0.25, 0.3) is 0 Å². The van der Waals surface area contributed by atoms with E-state index in [1.165, 1.54) is 81.7 Å². The van der Waals surface area contributed by atoms with Gasteiger partial charge >= 0.3 is 0 Å². The maximum absolute atomic E-state index is 2.85. The average molecular weight is 689 g/mol. The zero-order valence-corrected chi connectivity index (χ0v) is 30.6. The van der Waals surface area contributed by atoms with E-state index in [4.69, 9.17) is 0 Å². The maximum atomic E-state index is 2.85. The minimum atomic E-state index is -0.638. The summed E-state index contributed by atoms with van der Waals surface area (Å²) in [6.07, 6.45) is 5.15. The fourth-order valence-corrected chi connectivity index (χ4v) is 13.2. The molecule has 6 aromatic carbocycles. The van der Waals surface area contributed by atoms with Crippen LogP contribution in [0.25, 0.3) is 0 Å². The van der Waals surface area contributed by atoms with Crippen LogP contribution in [0.15, 0.2) is 170 Å². The molecule has 2 saturated heterocycles. The maximum Gasteiger partial charge on any atom is 0.0255 e. The molecule has 0 bridgehead atoms. The summed E-state index contributed by atoms with van der Waals surface area (Å²) in [5, 5.41) is 8.68. The highest BCUT2D eigenvalue weighted by Gasteiger charge is 2.38. The molecule has 8 rings (SSSR count). The van der Waals surface area contributed by atoms with Crippen LogP contribution in [-0.2, 0) is 13.1 Å². The second-order valence-corrected chi connectivity index (χ2v) is 18.0. The molecule has 50 heavy (non-hydrogen) atoms. The van der Waals surface area contributed by atoms with Crippen LogP contribution in [0.4, 0.5) is 0 Å². The highest BCUT2D eigenvalue weighted by Crippen LogP contribution is 2.38. The standard InChI is InChI=1S/C46H46N2P2/c1-5-21-39(22-6-1)49(40-23-7-2-8-24-40)45-31-15-13-19-37(45)35-47-33-17-29-43(47)44-30-18-34-48(44)36-38-20-14-16-32-46(38)50(41-25-9-3-10-26-41)42-27-11-4-12-28-42/h1-16,19-28,31-32,43-44H,17-18,29-30,33-36H2/t43-,44-/m1/s1. The Hall–Kier alpha value is -3.90. The smallest absolute Gasteiger partial charge is 0.0255 e. The molecule has 6 aromatic rings. The van der Waals surface area contributed by atoms with E-state index in [0.717, 1.165) is 13.1 Å². The quantitative estimate of drug-likeness (QED) is 0.128. The third-order valence-electron chi connectivity index (χ3n) is 10.5. The van der Waals surface area contributed by atoms with Crippen molar-refractivity contribution in [3.8, 4) is 0 Å². The third-order valence-corrected chi connectivity index (χ3v) is 15.6. The van der Waals surface area contributed by atoms with Crippen molar-refractivity contribution in [3.63, 3.8) is 0 Å². The lowest BCUT2D eigenvalue weighted by molar-refractivity contribution is 0.124. The van der Waals surface area contributed by atoms with Gasteiger partial charge in [0.2, 0.25) is 0 Å². The molecule has 0 amide bonds. The van der Waals surface area contributed by atoms with Gasteiger partial charge in [-0.2, -0.15) is 0 Å². The van der Waals surface area contributed by atoms with Crippen molar-refractivity contribution in [2.75, 3.05) is 13.1 Å². The zero-order chi connectivity index (χ0) is 33.5. The Bertz CT molecular complexity index is 1730. The van der Waals surface area contributed by atoms with Crippen molar-refractivity contribution in [3.05, 3.63) is 181 Å². The second kappa shape index (κ2) is 16.0. The van der Waals surface area contributed by atoms with Crippen LogP contribution in [0.3, 0.4) is 0 Å². The number of hydrogen-bond donors (Lipinski definition) is 0. The molecule has 0 aromatic heterocycles. The summed E-state index contributed by atoms with van der Waals surface area (Å²) in [5.74, 6) is 0. The molecular formula is C46H46N2P2. The summed E-state index contributed by atoms with van der Waals surface area (Å²) < 4.78 is 0. The molecule has 250 valence electrons. The molecule has 2 aliphatic rings. The van der Waals surface area contributed by atoms with Gasteiger partial charge in [0.1, 0.15) is 0 Å². The molecule has 0 unspecified atom stereocenters. The van der Waals surface area contributed by atoms with Gasteiger partial charge in [0.05, 0.1) is 0 Å². The van der Waals surface area contributed by atoms with Crippen LogP contribution in [0.1, 0.15) is 36.8 Å². The lowest BCUT2D eigenvalue weighted by atomic mass is 10.0. The first-order valence-electron chi connectivity index (χ1n) is 18.3. The Morgan fingerprint density at radius 1 is 0.380 bits per heavy atom. The summed E-state index contributed by atoms with van der Waals surface area (Å²) in [7, 11) is -1.28. The van der Waals surface area contributed by atoms with Crippen LogP contribution >= 0.6 is 15.8 Å². The summed E-state index contributed by atoms with van der Waals surface area (Å²) >= 11 is 0. The minimum absolute atomic E-state index is 0.585. The van der Waals surface area contributed by atoms with Crippen molar-refractivity contribution < 1.29 is 0 Å².